The van der Waals surface area contributed by atoms with E-state index < -0.39 is 241 Å². The van der Waals surface area contributed by atoms with E-state index in [0.29, 0.717) is 27.9 Å². The molecule has 1 aliphatic rings. The van der Waals surface area contributed by atoms with Gasteiger partial charge in [-0.15, -0.1) is 0 Å². The highest BCUT2D eigenvalue weighted by Crippen LogP contribution is 2.57. The van der Waals surface area contributed by atoms with Gasteiger partial charge in [-0.1, -0.05) is 225 Å². The lowest BCUT2D eigenvalue weighted by Gasteiger charge is -2.26. The van der Waals surface area contributed by atoms with Gasteiger partial charge in [-0.3, -0.25) is 4.98 Å². The number of hydrogen-bond acceptors (Lipinski definition) is 3. The van der Waals surface area contributed by atoms with Crippen molar-refractivity contribution in [3.63, 3.8) is 0 Å². The molecule has 0 radical (unpaired) electrons. The summed E-state index contributed by atoms with van der Waals surface area (Å²) >= 11 is 0. The first kappa shape index (κ1) is 20.7. The van der Waals surface area contributed by atoms with Crippen molar-refractivity contribution in [2.24, 2.45) is 0 Å². The third kappa shape index (κ3) is 6.75. The molecule has 3 heterocycles. The summed E-state index contributed by atoms with van der Waals surface area (Å²) in [6.45, 7) is 8.11. The van der Waals surface area contributed by atoms with E-state index in [4.69, 9.17) is 27.5 Å². The van der Waals surface area contributed by atoms with Gasteiger partial charge in [0.25, 0.3) is 0 Å². The first-order chi connectivity index (χ1) is 44.4. The summed E-state index contributed by atoms with van der Waals surface area (Å²) in [7, 11) is 0. The SMILES string of the molecule is [2H]c1c([2H])c([2H])c(C2=C(c3c([2H])c([2H])c(-c4ccc(-c5ccc6ccc7cccnc7c6n5)c(C=C)c4C=C)c([2H])c3[2H])OC(c3c4c([2H])c([2H])c([2H])c([2H])c4c(-c4c([2H])c([2H])c([2H])c([2H])c4[2H])c4c([2H])c([2H])c([2H])c([2H])c34)C2c2c([2H])c([2H])c([2H])c([2H])c2[2H])c([2H])c1[2H]. The molecule has 67 heavy (non-hydrogen) atoms. The standard InChI is InChI=1S/C64H44N2O/c1-3-48-49(4-2)51(56-39-36-46-33-32-45-25-18-40-65-61(45)62(46)66-56)38-37-50(48)41-30-34-47(35-31-41)63-58(43-21-10-6-11-22-43)59(44-23-12-7-13-24-44)64(67-63)60-54-28-16-14-26-52(54)57(42-19-8-5-9-20-42)53-27-15-17-29-55(53)60/h3-40,59,64H,1-2H2/i5D,6D,7D,8D,9D,10D,11D,12D,13D,14D,15D,16D,17D,19D,20D,21D,22D,23D,24D,26D,27D,28D,29D,30D,31D,34D,35D. The van der Waals surface area contributed by atoms with Crippen LogP contribution in [0.5, 0.6) is 0 Å². The van der Waals surface area contributed by atoms with Crippen LogP contribution in [-0.4, -0.2) is 9.97 Å². The van der Waals surface area contributed by atoms with Crippen LogP contribution in [0.4, 0.5) is 0 Å². The van der Waals surface area contributed by atoms with Gasteiger partial charge in [0.1, 0.15) is 11.9 Å². The number of aromatic nitrogens is 2. The summed E-state index contributed by atoms with van der Waals surface area (Å²) in [5, 5.41) is -1.55. The minimum absolute atomic E-state index is 0.0626. The molecule has 2 aromatic heterocycles. The van der Waals surface area contributed by atoms with E-state index in [1.165, 1.54) is 18.2 Å². The Bertz CT molecular complexity index is 5200. The lowest BCUT2D eigenvalue weighted by Crippen LogP contribution is -2.11. The van der Waals surface area contributed by atoms with Gasteiger partial charge in [-0.2, -0.15) is 0 Å². The molecule has 2 atom stereocenters. The maximum Gasteiger partial charge on any atom is 0.136 e. The van der Waals surface area contributed by atoms with Crippen LogP contribution in [0.2, 0.25) is 0 Å². The molecule has 0 aliphatic carbocycles. The first-order valence-corrected chi connectivity index (χ1v) is 20.6. The van der Waals surface area contributed by atoms with Crippen molar-refractivity contribution in [1.29, 1.82) is 0 Å². The van der Waals surface area contributed by atoms with Gasteiger partial charge in [0.2, 0.25) is 0 Å². The number of pyridine rings is 2. The van der Waals surface area contributed by atoms with Gasteiger partial charge < -0.3 is 4.74 Å². The second-order valence-corrected chi connectivity index (χ2v) is 15.1. The number of rotatable bonds is 9. The monoisotopic (exact) mass is 884 g/mol. The van der Waals surface area contributed by atoms with Gasteiger partial charge in [-0.05, 0) is 78.2 Å². The van der Waals surface area contributed by atoms with E-state index in [9.17, 15) is 19.2 Å². The Morgan fingerprint density at radius 3 is 1.69 bits per heavy atom. The predicted octanol–water partition coefficient (Wildman–Crippen LogP) is 16.8. The highest BCUT2D eigenvalue weighted by atomic mass is 16.5. The Morgan fingerprint density at radius 2 is 1.03 bits per heavy atom. The van der Waals surface area contributed by atoms with Crippen LogP contribution in [0.25, 0.3) is 100 Å². The van der Waals surface area contributed by atoms with Crippen molar-refractivity contribution < 1.29 is 41.7 Å². The van der Waals surface area contributed by atoms with Crippen molar-refractivity contribution >= 4 is 66.8 Å². The second-order valence-electron chi connectivity index (χ2n) is 15.1. The van der Waals surface area contributed by atoms with Gasteiger partial charge in [-0.25, -0.2) is 4.98 Å². The third-order valence-corrected chi connectivity index (χ3v) is 11.7. The van der Waals surface area contributed by atoms with E-state index in [-0.39, 0.29) is 16.7 Å². The van der Waals surface area contributed by atoms with Crippen LogP contribution in [0.15, 0.2) is 231 Å². The lowest BCUT2D eigenvalue weighted by atomic mass is 9.78. The van der Waals surface area contributed by atoms with E-state index in [2.05, 4.69) is 18.1 Å². The minimum Gasteiger partial charge on any atom is -0.484 e. The maximum absolute atomic E-state index is 10.0. The largest absolute Gasteiger partial charge is 0.484 e. The molecule has 3 nitrogen and oxygen atoms in total. The van der Waals surface area contributed by atoms with Crippen molar-refractivity contribution in [3.05, 3.63) is 264 Å². The fourth-order valence-electron chi connectivity index (χ4n) is 8.85. The predicted molar refractivity (Wildman–Crippen MR) is 281 cm³/mol. The molecule has 0 saturated carbocycles. The highest BCUT2D eigenvalue weighted by molar-refractivity contribution is 6.16. The molecule has 0 amide bonds. The molecule has 3 heteroatoms. The molecular formula is C64H44N2O. The first-order valence-electron chi connectivity index (χ1n) is 34.1. The molecule has 0 spiro atoms. The van der Waals surface area contributed by atoms with E-state index in [1.807, 2.05) is 24.3 Å². The number of fused-ring (bicyclic) bond motifs is 5. The van der Waals surface area contributed by atoms with Crippen LogP contribution in [0.1, 0.15) is 82.4 Å². The zero-order valence-electron chi connectivity index (χ0n) is 61.7. The summed E-state index contributed by atoms with van der Waals surface area (Å²) in [5.41, 5.74) is -3.25. The average Bonchev–Trinajstić information content (AvgIpc) is 1.21. The van der Waals surface area contributed by atoms with Crippen molar-refractivity contribution in [3.8, 4) is 33.5 Å². The van der Waals surface area contributed by atoms with Gasteiger partial charge in [0, 0.05) is 39.2 Å². The second kappa shape index (κ2) is 16.7. The molecule has 1 aliphatic heterocycles. The summed E-state index contributed by atoms with van der Waals surface area (Å²) in [5.74, 6) is -3.30. The molecular weight excluding hydrogens is 813 g/mol. The van der Waals surface area contributed by atoms with E-state index >= 15 is 0 Å². The summed E-state index contributed by atoms with van der Waals surface area (Å²) in [4.78, 5) is 9.57. The Labute approximate surface area is 428 Å². The quantitative estimate of drug-likeness (QED) is 0.107. The highest BCUT2D eigenvalue weighted by Gasteiger charge is 2.42. The Morgan fingerprint density at radius 1 is 0.493 bits per heavy atom. The van der Waals surface area contributed by atoms with Crippen molar-refractivity contribution in [2.75, 3.05) is 0 Å². The fraction of sp³-hybridized carbons (Fsp3) is 0.0312. The Hall–Kier alpha value is -8.66. The van der Waals surface area contributed by atoms with Gasteiger partial charge in [0.15, 0.2) is 0 Å². The van der Waals surface area contributed by atoms with Crippen LogP contribution >= 0.6 is 0 Å². The number of nitrogens with zero attached hydrogens (tertiary/aromatic N) is 2. The summed E-state index contributed by atoms with van der Waals surface area (Å²) < 4.78 is 258. The molecule has 11 aromatic rings. The molecule has 0 saturated heterocycles. The van der Waals surface area contributed by atoms with Crippen LogP contribution in [0, 0.1) is 0 Å². The smallest absolute Gasteiger partial charge is 0.136 e. The molecule has 9 aromatic carbocycles. The lowest BCUT2D eigenvalue weighted by molar-refractivity contribution is 0.182. The third-order valence-electron chi connectivity index (χ3n) is 11.7. The molecule has 0 bridgehead atoms. The normalized spacial score (nSPS) is 20.4. The average molecular weight is 884 g/mol. The summed E-state index contributed by atoms with van der Waals surface area (Å²) in [6, 6.07) is -12.9. The van der Waals surface area contributed by atoms with Crippen LogP contribution in [0.3, 0.4) is 0 Å². The molecule has 0 fully saturated rings. The molecule has 316 valence electrons. The molecule has 2 unspecified atom stereocenters. The van der Waals surface area contributed by atoms with E-state index in [1.54, 1.807) is 24.4 Å². The zero-order chi connectivity index (χ0) is 68.3. The fourth-order valence-corrected chi connectivity index (χ4v) is 8.85. The van der Waals surface area contributed by atoms with Crippen LogP contribution < -0.4 is 0 Å². The number of benzene rings is 9. The molecule has 0 N–H and O–H groups in total. The number of ether oxygens (including phenoxy) is 1. The Kier molecular flexibility index (Phi) is 5.16. The topological polar surface area (TPSA) is 35.0 Å². The van der Waals surface area contributed by atoms with Crippen molar-refractivity contribution in [1.82, 2.24) is 9.97 Å². The minimum atomic E-state index is -2.45. The van der Waals surface area contributed by atoms with E-state index in [0.717, 1.165) is 10.8 Å². The van der Waals surface area contributed by atoms with Gasteiger partial charge >= 0.3 is 0 Å². The zero-order valence-corrected chi connectivity index (χ0v) is 34.7. The number of hydrogen-bond donors (Lipinski definition) is 0. The van der Waals surface area contributed by atoms with Crippen molar-refractivity contribution in [2.45, 2.75) is 12.0 Å². The summed E-state index contributed by atoms with van der Waals surface area (Å²) in [6.07, 6.45) is 2.09. The van der Waals surface area contributed by atoms with Crippen LogP contribution in [-0.2, 0) is 4.74 Å². The molecule has 12 rings (SSSR count). The Balaban J connectivity index is 1.25. The van der Waals surface area contributed by atoms with Gasteiger partial charge in [0.05, 0.1) is 59.7 Å². The maximum atomic E-state index is 10.0.